The van der Waals surface area contributed by atoms with Gasteiger partial charge in [-0.05, 0) is 18.0 Å². The monoisotopic (exact) mass is 191 g/mol. The third-order valence-corrected chi connectivity index (χ3v) is 2.21. The van der Waals surface area contributed by atoms with Crippen molar-refractivity contribution < 1.29 is 14.3 Å². The van der Waals surface area contributed by atoms with Gasteiger partial charge in [-0.25, -0.2) is 0 Å². The number of ether oxygens (including phenoxy) is 1. The van der Waals surface area contributed by atoms with E-state index in [1.165, 1.54) is 12.0 Å². The zero-order valence-corrected chi connectivity index (χ0v) is 7.50. The summed E-state index contributed by atoms with van der Waals surface area (Å²) in [5.74, 6) is -0.465. The van der Waals surface area contributed by atoms with E-state index in [9.17, 15) is 9.59 Å². The van der Waals surface area contributed by atoms with Gasteiger partial charge in [0.1, 0.15) is 0 Å². The molecule has 1 heterocycles. The first-order chi connectivity index (χ1) is 5.65. The third kappa shape index (κ3) is 1.88. The van der Waals surface area contributed by atoms with E-state index in [-0.39, 0.29) is 11.9 Å². The lowest BCUT2D eigenvalue weighted by Gasteiger charge is -2.10. The first-order valence-corrected chi connectivity index (χ1v) is 4.05. The zero-order valence-electron chi connectivity index (χ0n) is 6.75. The molecular weight excluding hydrogens is 182 g/mol. The molecule has 1 atom stereocenters. The Bertz CT molecular complexity index is 207. The molecule has 1 aliphatic heterocycles. The summed E-state index contributed by atoms with van der Waals surface area (Å²) in [7, 11) is 1.34. The molecule has 0 N–H and O–H groups in total. The fraction of sp³-hybridized carbons (Fsp3) is 0.714. The number of likely N-dealkylation sites (tertiary alicyclic amines) is 1. The van der Waals surface area contributed by atoms with Crippen LogP contribution in [0.4, 0.5) is 4.79 Å². The van der Waals surface area contributed by atoms with Crippen molar-refractivity contribution in [3.8, 4) is 0 Å². The van der Waals surface area contributed by atoms with Crippen LogP contribution in [-0.2, 0) is 9.53 Å². The van der Waals surface area contributed by atoms with Crippen molar-refractivity contribution >= 4 is 22.9 Å². The summed E-state index contributed by atoms with van der Waals surface area (Å²) in [6.45, 7) is 0.928. The lowest BCUT2D eigenvalue weighted by Crippen LogP contribution is -2.25. The van der Waals surface area contributed by atoms with Gasteiger partial charge >= 0.3 is 11.3 Å². The number of nitrogens with zero attached hydrogens (tertiary/aromatic N) is 1. The first-order valence-electron chi connectivity index (χ1n) is 3.67. The van der Waals surface area contributed by atoms with Crippen molar-refractivity contribution in [1.29, 1.82) is 0 Å². The van der Waals surface area contributed by atoms with Crippen molar-refractivity contribution in [3.63, 3.8) is 0 Å². The molecule has 1 rings (SSSR count). The summed E-state index contributed by atoms with van der Waals surface area (Å²) in [4.78, 5) is 23.1. The molecule has 0 aromatic rings. The van der Waals surface area contributed by atoms with Gasteiger partial charge in [-0.15, -0.1) is 0 Å². The molecule has 5 heteroatoms. The highest BCUT2D eigenvalue weighted by Gasteiger charge is 2.30. The van der Waals surface area contributed by atoms with Crippen LogP contribution in [0, 0.1) is 5.92 Å². The van der Waals surface area contributed by atoms with Gasteiger partial charge in [0.05, 0.1) is 13.0 Å². The number of hydrogen-bond donors (Lipinski definition) is 0. The highest BCUT2D eigenvalue weighted by molar-refractivity contribution is 6.62. The van der Waals surface area contributed by atoms with Crippen LogP contribution < -0.4 is 0 Å². The van der Waals surface area contributed by atoms with Crippen LogP contribution in [0.3, 0.4) is 0 Å². The summed E-state index contributed by atoms with van der Waals surface area (Å²) in [5, 5.41) is -0.499. The first kappa shape index (κ1) is 9.32. The Morgan fingerprint density at radius 1 is 1.58 bits per heavy atom. The van der Waals surface area contributed by atoms with Gasteiger partial charge in [0.2, 0.25) is 0 Å². The van der Waals surface area contributed by atoms with E-state index in [4.69, 9.17) is 11.6 Å². The van der Waals surface area contributed by atoms with E-state index in [0.717, 1.165) is 0 Å². The Morgan fingerprint density at radius 3 is 2.67 bits per heavy atom. The number of carbonyl (C=O) groups excluding carboxylic acids is 2. The van der Waals surface area contributed by atoms with Gasteiger partial charge < -0.3 is 9.64 Å². The van der Waals surface area contributed by atoms with Crippen LogP contribution in [0.25, 0.3) is 0 Å². The second kappa shape index (κ2) is 3.76. The predicted octanol–water partition coefficient (Wildman–Crippen LogP) is 0.840. The molecule has 0 aromatic carbocycles. The number of methoxy groups -OCH3 is 1. The van der Waals surface area contributed by atoms with Gasteiger partial charge in [-0.3, -0.25) is 9.59 Å². The van der Waals surface area contributed by atoms with Gasteiger partial charge in [0.15, 0.2) is 0 Å². The van der Waals surface area contributed by atoms with Crippen molar-refractivity contribution in [3.05, 3.63) is 0 Å². The van der Waals surface area contributed by atoms with Crippen LogP contribution in [0.5, 0.6) is 0 Å². The number of carbonyl (C=O) groups is 2. The average Bonchev–Trinajstić information content (AvgIpc) is 2.51. The van der Waals surface area contributed by atoms with Crippen molar-refractivity contribution in [1.82, 2.24) is 4.90 Å². The van der Waals surface area contributed by atoms with E-state index in [1.54, 1.807) is 0 Å². The van der Waals surface area contributed by atoms with Crippen LogP contribution in [-0.4, -0.2) is 36.4 Å². The Kier molecular flexibility index (Phi) is 2.92. The molecule has 1 unspecified atom stereocenters. The molecule has 0 bridgehead atoms. The fourth-order valence-corrected chi connectivity index (χ4v) is 1.43. The Morgan fingerprint density at radius 2 is 2.25 bits per heavy atom. The average molecular weight is 192 g/mol. The lowest BCUT2D eigenvalue weighted by atomic mass is 10.1. The molecule has 12 heavy (non-hydrogen) atoms. The van der Waals surface area contributed by atoms with Crippen LogP contribution in [0.1, 0.15) is 6.42 Å². The minimum absolute atomic E-state index is 0.197. The van der Waals surface area contributed by atoms with Gasteiger partial charge in [-0.2, -0.15) is 0 Å². The number of amides is 1. The predicted molar refractivity (Wildman–Crippen MR) is 42.9 cm³/mol. The lowest BCUT2D eigenvalue weighted by molar-refractivity contribution is -0.144. The van der Waals surface area contributed by atoms with E-state index < -0.39 is 5.37 Å². The minimum Gasteiger partial charge on any atom is -0.469 e. The smallest absolute Gasteiger partial charge is 0.316 e. The van der Waals surface area contributed by atoms with Crippen molar-refractivity contribution in [2.75, 3.05) is 20.2 Å². The second-order valence-electron chi connectivity index (χ2n) is 2.71. The van der Waals surface area contributed by atoms with Crippen molar-refractivity contribution in [2.45, 2.75) is 6.42 Å². The molecule has 1 amide bonds. The second-order valence-corrected chi connectivity index (χ2v) is 3.03. The Hall–Kier alpha value is -0.770. The molecule has 4 nitrogen and oxygen atoms in total. The van der Waals surface area contributed by atoms with E-state index in [0.29, 0.717) is 19.5 Å². The molecule has 0 aliphatic carbocycles. The molecule has 0 aromatic heterocycles. The summed E-state index contributed by atoms with van der Waals surface area (Å²) in [5.41, 5.74) is 0. The fourth-order valence-electron chi connectivity index (χ4n) is 1.28. The Balaban J connectivity index is 2.45. The molecule has 1 saturated heterocycles. The van der Waals surface area contributed by atoms with Crippen LogP contribution in [0.2, 0.25) is 0 Å². The normalized spacial score (nSPS) is 22.5. The largest absolute Gasteiger partial charge is 0.469 e. The van der Waals surface area contributed by atoms with Crippen molar-refractivity contribution in [2.24, 2.45) is 5.92 Å². The molecule has 0 radical (unpaired) electrons. The summed E-state index contributed by atoms with van der Waals surface area (Å²) < 4.78 is 4.54. The standard InChI is InChI=1S/C7H10ClNO3/c1-12-6(10)5-2-3-9(4-5)7(8)11/h5H,2-4H2,1H3. The number of esters is 1. The van der Waals surface area contributed by atoms with E-state index in [2.05, 4.69) is 4.74 Å². The van der Waals surface area contributed by atoms with Crippen LogP contribution >= 0.6 is 11.6 Å². The van der Waals surface area contributed by atoms with Gasteiger partial charge in [-0.1, -0.05) is 0 Å². The number of halogens is 1. The topological polar surface area (TPSA) is 46.6 Å². The molecule has 68 valence electrons. The molecule has 1 aliphatic rings. The number of hydrogen-bond acceptors (Lipinski definition) is 3. The van der Waals surface area contributed by atoms with Crippen LogP contribution in [0.15, 0.2) is 0 Å². The summed E-state index contributed by atoms with van der Waals surface area (Å²) in [6.07, 6.45) is 0.644. The Labute approximate surface area is 75.4 Å². The van der Waals surface area contributed by atoms with E-state index >= 15 is 0 Å². The van der Waals surface area contributed by atoms with Gasteiger partial charge in [0.25, 0.3) is 0 Å². The SMILES string of the molecule is COC(=O)C1CCN(C(=O)Cl)C1. The highest BCUT2D eigenvalue weighted by atomic mass is 35.5. The minimum atomic E-state index is -0.499. The van der Waals surface area contributed by atoms with E-state index in [1.807, 2.05) is 0 Å². The zero-order chi connectivity index (χ0) is 9.14. The summed E-state index contributed by atoms with van der Waals surface area (Å²) in [6, 6.07) is 0. The molecule has 0 spiro atoms. The highest BCUT2D eigenvalue weighted by Crippen LogP contribution is 2.18. The van der Waals surface area contributed by atoms with Gasteiger partial charge in [0, 0.05) is 13.1 Å². The molecular formula is C7H10ClNO3. The molecule has 0 saturated carbocycles. The third-order valence-electron chi connectivity index (χ3n) is 1.97. The summed E-state index contributed by atoms with van der Waals surface area (Å²) >= 11 is 5.23. The molecule has 1 fully saturated rings. The number of rotatable bonds is 1. The maximum absolute atomic E-state index is 11.0. The maximum atomic E-state index is 11.0. The maximum Gasteiger partial charge on any atom is 0.316 e. The quantitative estimate of drug-likeness (QED) is 0.351.